The van der Waals surface area contributed by atoms with E-state index in [1.807, 2.05) is 75.4 Å². The Balaban J connectivity index is 1.77. The van der Waals surface area contributed by atoms with E-state index in [9.17, 15) is 19.5 Å². The number of hydrogen-bond donors (Lipinski definition) is 3. The first-order valence-electron chi connectivity index (χ1n) is 12.0. The van der Waals surface area contributed by atoms with Crippen molar-refractivity contribution in [1.82, 2.24) is 15.5 Å². The van der Waals surface area contributed by atoms with Crippen molar-refractivity contribution in [1.29, 1.82) is 0 Å². The van der Waals surface area contributed by atoms with E-state index in [1.165, 1.54) is 16.7 Å². The highest BCUT2D eigenvalue weighted by Gasteiger charge is 2.49. The van der Waals surface area contributed by atoms with Crippen LogP contribution in [-0.2, 0) is 27.3 Å². The molecule has 196 valence electrons. The molecule has 8 nitrogen and oxygen atoms in total. The third-order valence-corrected chi connectivity index (χ3v) is 7.69. The number of nitrogens with one attached hydrogen (secondary N) is 2. The van der Waals surface area contributed by atoms with Gasteiger partial charge in [-0.3, -0.25) is 9.59 Å². The van der Waals surface area contributed by atoms with Gasteiger partial charge in [0.05, 0.1) is 11.9 Å². The van der Waals surface area contributed by atoms with E-state index < -0.39 is 34.9 Å². The predicted octanol–water partition coefficient (Wildman–Crippen LogP) is 2.62. The van der Waals surface area contributed by atoms with Crippen LogP contribution >= 0.6 is 11.8 Å². The Bertz CT molecular complexity index is 1150. The fraction of sp³-hybridized carbons (Fsp3) is 0.393. The minimum absolute atomic E-state index is 0.174. The number of benzene rings is 2. The number of carbonyl (C=O) groups is 3. The van der Waals surface area contributed by atoms with Crippen LogP contribution < -0.4 is 10.6 Å². The summed E-state index contributed by atoms with van der Waals surface area (Å²) in [4.78, 5) is 40.5. The minimum Gasteiger partial charge on any atom is -0.436 e. The molecule has 0 bridgehead atoms. The molecule has 3 atom stereocenters. The van der Waals surface area contributed by atoms with Crippen LogP contribution in [0.4, 0.5) is 4.79 Å². The van der Waals surface area contributed by atoms with Crippen molar-refractivity contribution in [2.75, 3.05) is 12.5 Å². The maximum absolute atomic E-state index is 13.6. The second-order valence-corrected chi connectivity index (χ2v) is 11.0. The van der Waals surface area contributed by atoms with Gasteiger partial charge in [-0.25, -0.2) is 4.79 Å². The molecule has 3 N–H and O–H groups in total. The Morgan fingerprint density at radius 2 is 1.86 bits per heavy atom. The molecular weight excluding hydrogens is 490 g/mol. The maximum atomic E-state index is 13.6. The zero-order chi connectivity index (χ0) is 27.0. The van der Waals surface area contributed by atoms with Gasteiger partial charge in [0.25, 0.3) is 5.91 Å². The normalized spacial score (nSPS) is 17.8. The standard InChI is InChI=1S/C28H33N3O5S/c1-5-15-36-27(35)30-22(16-20-12-7-6-8-13-20)23(32)26(34)31-18-37-28(3,4)24(31)25(33)29-17-21-14-10-9-11-19(21)2/h1,6-14,22-24,32H,15-18H2,2-4H3,(H,29,33)(H,30,35). The fourth-order valence-corrected chi connectivity index (χ4v) is 5.39. The van der Waals surface area contributed by atoms with E-state index in [1.54, 1.807) is 0 Å². The number of aliphatic hydroxyl groups is 1. The molecule has 1 heterocycles. The Morgan fingerprint density at radius 1 is 1.19 bits per heavy atom. The summed E-state index contributed by atoms with van der Waals surface area (Å²) in [5.41, 5.74) is 2.84. The molecule has 3 amide bonds. The zero-order valence-corrected chi connectivity index (χ0v) is 22.1. The van der Waals surface area contributed by atoms with E-state index in [2.05, 4.69) is 16.6 Å². The van der Waals surface area contributed by atoms with E-state index in [4.69, 9.17) is 11.2 Å². The van der Waals surface area contributed by atoms with Gasteiger partial charge in [0, 0.05) is 11.3 Å². The monoisotopic (exact) mass is 523 g/mol. The number of alkyl carbamates (subject to hydrolysis) is 1. The molecule has 1 saturated heterocycles. The first kappa shape index (κ1) is 28.1. The summed E-state index contributed by atoms with van der Waals surface area (Å²) < 4.78 is 4.32. The average molecular weight is 524 g/mol. The van der Waals surface area contributed by atoms with Crippen LogP contribution in [0.1, 0.15) is 30.5 Å². The summed E-state index contributed by atoms with van der Waals surface area (Å²) in [5, 5.41) is 16.7. The molecule has 3 unspecified atom stereocenters. The number of aryl methyl sites for hydroxylation is 1. The Kier molecular flexibility index (Phi) is 9.61. The van der Waals surface area contributed by atoms with Crippen molar-refractivity contribution in [3.8, 4) is 12.3 Å². The van der Waals surface area contributed by atoms with E-state index in [-0.39, 0.29) is 24.8 Å². The molecule has 0 aromatic heterocycles. The van der Waals surface area contributed by atoms with Gasteiger partial charge < -0.3 is 25.4 Å². The second-order valence-electron chi connectivity index (χ2n) is 9.40. The number of hydrogen-bond acceptors (Lipinski definition) is 6. The van der Waals surface area contributed by atoms with E-state index in [0.29, 0.717) is 6.54 Å². The molecule has 0 spiro atoms. The SMILES string of the molecule is C#CCOC(=O)NC(Cc1ccccc1)C(O)C(=O)N1CSC(C)(C)C1C(=O)NCc1ccccc1C. The molecular formula is C28H33N3O5S. The predicted molar refractivity (Wildman–Crippen MR) is 143 cm³/mol. The molecule has 1 aliphatic rings. The number of carbonyl (C=O) groups excluding carboxylic acids is 3. The highest BCUT2D eigenvalue weighted by molar-refractivity contribution is 8.00. The first-order chi connectivity index (χ1) is 17.6. The van der Waals surface area contributed by atoms with Crippen molar-refractivity contribution < 1.29 is 24.2 Å². The third-order valence-electron chi connectivity index (χ3n) is 6.31. The van der Waals surface area contributed by atoms with Crippen LogP contribution in [0, 0.1) is 19.3 Å². The molecule has 1 aliphatic heterocycles. The fourth-order valence-electron chi connectivity index (χ4n) is 4.25. The van der Waals surface area contributed by atoms with Crippen molar-refractivity contribution in [3.05, 3.63) is 71.3 Å². The number of nitrogens with zero attached hydrogens (tertiary/aromatic N) is 1. The molecule has 0 radical (unpaired) electrons. The maximum Gasteiger partial charge on any atom is 0.408 e. The Morgan fingerprint density at radius 3 is 2.54 bits per heavy atom. The van der Waals surface area contributed by atoms with Crippen LogP contribution in [0.3, 0.4) is 0 Å². The van der Waals surface area contributed by atoms with Gasteiger partial charge in [0.15, 0.2) is 12.7 Å². The van der Waals surface area contributed by atoms with Crippen molar-refractivity contribution in [2.24, 2.45) is 0 Å². The Hall–Kier alpha value is -3.48. The number of amides is 3. The van der Waals surface area contributed by atoms with Gasteiger partial charge in [-0.15, -0.1) is 18.2 Å². The van der Waals surface area contributed by atoms with Crippen LogP contribution in [0.2, 0.25) is 0 Å². The molecule has 0 saturated carbocycles. The van der Waals surface area contributed by atoms with Gasteiger partial charge >= 0.3 is 6.09 Å². The lowest BCUT2D eigenvalue weighted by Crippen LogP contribution is -2.58. The number of terminal acetylenes is 1. The number of ether oxygens (including phenoxy) is 1. The topological polar surface area (TPSA) is 108 Å². The average Bonchev–Trinajstić information content (AvgIpc) is 3.21. The third kappa shape index (κ3) is 7.28. The van der Waals surface area contributed by atoms with Gasteiger partial charge in [0.1, 0.15) is 6.04 Å². The van der Waals surface area contributed by atoms with Crippen LogP contribution in [0.25, 0.3) is 0 Å². The Labute approximate surface area is 222 Å². The summed E-state index contributed by atoms with van der Waals surface area (Å²) in [6.45, 7) is 5.84. The summed E-state index contributed by atoms with van der Waals surface area (Å²) in [5.74, 6) is 1.48. The summed E-state index contributed by atoms with van der Waals surface area (Å²) in [6, 6.07) is 15.1. The quantitative estimate of drug-likeness (QED) is 0.436. The van der Waals surface area contributed by atoms with Crippen molar-refractivity contribution in [2.45, 2.75) is 56.7 Å². The van der Waals surface area contributed by atoms with Crippen LogP contribution in [-0.4, -0.2) is 63.3 Å². The zero-order valence-electron chi connectivity index (χ0n) is 21.3. The van der Waals surface area contributed by atoms with Gasteiger partial charge in [-0.05, 0) is 43.9 Å². The van der Waals surface area contributed by atoms with Crippen molar-refractivity contribution >= 4 is 29.7 Å². The highest BCUT2D eigenvalue weighted by atomic mass is 32.2. The number of rotatable bonds is 9. The largest absolute Gasteiger partial charge is 0.436 e. The van der Waals surface area contributed by atoms with Gasteiger partial charge in [-0.2, -0.15) is 0 Å². The second kappa shape index (κ2) is 12.7. The number of aliphatic hydroxyl groups excluding tert-OH is 1. The molecule has 2 aromatic carbocycles. The summed E-state index contributed by atoms with van der Waals surface area (Å²) in [6.07, 6.45) is 2.88. The highest BCUT2D eigenvalue weighted by Crippen LogP contribution is 2.40. The molecule has 1 fully saturated rings. The molecule has 3 rings (SSSR count). The lowest BCUT2D eigenvalue weighted by atomic mass is 9.97. The minimum atomic E-state index is -1.61. The molecule has 9 heteroatoms. The lowest BCUT2D eigenvalue weighted by molar-refractivity contribution is -0.147. The van der Waals surface area contributed by atoms with Crippen LogP contribution in [0.15, 0.2) is 54.6 Å². The summed E-state index contributed by atoms with van der Waals surface area (Å²) >= 11 is 1.45. The molecule has 0 aliphatic carbocycles. The lowest BCUT2D eigenvalue weighted by Gasteiger charge is -2.33. The van der Waals surface area contributed by atoms with Gasteiger partial charge in [0.2, 0.25) is 5.91 Å². The van der Waals surface area contributed by atoms with E-state index >= 15 is 0 Å². The van der Waals surface area contributed by atoms with Crippen molar-refractivity contribution in [3.63, 3.8) is 0 Å². The van der Waals surface area contributed by atoms with E-state index in [0.717, 1.165) is 16.7 Å². The first-order valence-corrected chi connectivity index (χ1v) is 13.0. The summed E-state index contributed by atoms with van der Waals surface area (Å²) in [7, 11) is 0. The molecule has 2 aromatic rings. The smallest absolute Gasteiger partial charge is 0.408 e. The van der Waals surface area contributed by atoms with Gasteiger partial charge in [-0.1, -0.05) is 60.5 Å². The number of thioether (sulfide) groups is 1. The van der Waals surface area contributed by atoms with Crippen LogP contribution in [0.5, 0.6) is 0 Å². The molecule has 37 heavy (non-hydrogen) atoms.